The van der Waals surface area contributed by atoms with Gasteiger partial charge < -0.3 is 10.1 Å². The molecule has 1 saturated carbocycles. The molecule has 0 aliphatic heterocycles. The van der Waals surface area contributed by atoms with E-state index in [1.54, 1.807) is 30.5 Å². The van der Waals surface area contributed by atoms with Crippen LogP contribution in [0.1, 0.15) is 52.6 Å². The van der Waals surface area contributed by atoms with Crippen molar-refractivity contribution in [1.82, 2.24) is 24.9 Å². The normalized spacial score (nSPS) is 13.8. The van der Waals surface area contributed by atoms with Gasteiger partial charge in [0.15, 0.2) is 12.4 Å². The van der Waals surface area contributed by atoms with Crippen LogP contribution in [0.25, 0.3) is 0 Å². The number of alkyl halides is 3. The Hall–Kier alpha value is -3.01. The second-order valence-electron chi connectivity index (χ2n) is 7.98. The summed E-state index contributed by atoms with van der Waals surface area (Å²) in [5.74, 6) is 0.445. The van der Waals surface area contributed by atoms with Gasteiger partial charge in [0.05, 0.1) is 0 Å². The molecule has 2 heterocycles. The Morgan fingerprint density at radius 2 is 2.03 bits per heavy atom. The number of ether oxygens (including phenoxy) is 1. The molecule has 3 aromatic rings. The van der Waals surface area contributed by atoms with Crippen molar-refractivity contribution >= 4 is 17.5 Å². The van der Waals surface area contributed by atoms with Crippen LogP contribution in [0.3, 0.4) is 0 Å². The molecule has 7 nitrogen and oxygen atoms in total. The van der Waals surface area contributed by atoms with Crippen LogP contribution in [0.2, 0.25) is 5.02 Å². The molecule has 0 bridgehead atoms. The molecule has 1 aliphatic rings. The first-order chi connectivity index (χ1) is 15.7. The molecule has 1 fully saturated rings. The summed E-state index contributed by atoms with van der Waals surface area (Å²) in [6.45, 7) is 2.59. The van der Waals surface area contributed by atoms with Gasteiger partial charge in [0.25, 0.3) is 5.91 Å². The summed E-state index contributed by atoms with van der Waals surface area (Å²) in [5, 5.41) is 11.3. The molecule has 1 aromatic carbocycles. The summed E-state index contributed by atoms with van der Waals surface area (Å²) in [6, 6.07) is 7.99. The molecule has 1 N–H and O–H groups in total. The van der Waals surface area contributed by atoms with E-state index in [9.17, 15) is 18.0 Å². The van der Waals surface area contributed by atoms with E-state index in [1.807, 2.05) is 6.92 Å². The van der Waals surface area contributed by atoms with Crippen molar-refractivity contribution in [3.8, 4) is 5.75 Å². The zero-order valence-corrected chi connectivity index (χ0v) is 18.7. The molecule has 1 amide bonds. The number of carbonyl (C=O) groups excluding carboxylic acids is 1. The number of aromatic nitrogens is 4. The van der Waals surface area contributed by atoms with Gasteiger partial charge in [-0.3, -0.25) is 9.48 Å². The highest BCUT2D eigenvalue weighted by Gasteiger charge is 2.37. The van der Waals surface area contributed by atoms with Crippen molar-refractivity contribution in [2.45, 2.75) is 51.6 Å². The lowest BCUT2D eigenvalue weighted by atomic mass is 10.2. The molecular formula is C22H23ClF3N5O2. The Kier molecular flexibility index (Phi) is 6.64. The first kappa shape index (κ1) is 23.2. The number of hydrogen-bond donors (Lipinski definition) is 1. The van der Waals surface area contributed by atoms with Gasteiger partial charge in [-0.2, -0.15) is 23.4 Å². The highest BCUT2D eigenvalue weighted by atomic mass is 35.5. The van der Waals surface area contributed by atoms with Crippen LogP contribution in [0.4, 0.5) is 13.2 Å². The lowest BCUT2D eigenvalue weighted by molar-refractivity contribution is -0.141. The fourth-order valence-corrected chi connectivity index (χ4v) is 3.67. The fraction of sp³-hybridized carbons (Fsp3) is 0.409. The topological polar surface area (TPSA) is 74.0 Å². The van der Waals surface area contributed by atoms with E-state index in [0.29, 0.717) is 29.4 Å². The standard InChI is InChI=1S/C22H23ClF3N5O2/c1-14-11-16(23)5-6-19(14)33-13-30-10-7-17(28-30)21(32)27-8-2-9-31-18(15-3-4-15)12-20(29-31)22(24,25)26/h5-7,10-12,15H,2-4,8-9,13H2,1H3,(H,27,32). The van der Waals surface area contributed by atoms with Gasteiger partial charge in [-0.1, -0.05) is 11.6 Å². The predicted molar refractivity (Wildman–Crippen MR) is 115 cm³/mol. The SMILES string of the molecule is Cc1cc(Cl)ccc1OCn1ccc(C(=O)NCCCn2nc(C(F)(F)F)cc2C2CC2)n1. The lowest BCUT2D eigenvalue weighted by Gasteiger charge is -2.09. The van der Waals surface area contributed by atoms with Crippen LogP contribution in [0.5, 0.6) is 5.75 Å². The monoisotopic (exact) mass is 481 g/mol. The Morgan fingerprint density at radius 1 is 1.24 bits per heavy atom. The largest absolute Gasteiger partial charge is 0.471 e. The molecule has 1 aliphatic carbocycles. The minimum Gasteiger partial charge on any atom is -0.471 e. The van der Waals surface area contributed by atoms with E-state index >= 15 is 0 Å². The lowest BCUT2D eigenvalue weighted by Crippen LogP contribution is -2.26. The third-order valence-electron chi connectivity index (χ3n) is 5.29. The molecule has 11 heteroatoms. The van der Waals surface area contributed by atoms with E-state index in [4.69, 9.17) is 16.3 Å². The maximum Gasteiger partial charge on any atom is 0.435 e. The quantitative estimate of drug-likeness (QED) is 0.446. The number of nitrogens with one attached hydrogen (secondary N) is 1. The number of benzene rings is 1. The number of hydrogen-bond acceptors (Lipinski definition) is 4. The number of amides is 1. The van der Waals surface area contributed by atoms with E-state index < -0.39 is 11.9 Å². The summed E-state index contributed by atoms with van der Waals surface area (Å²) in [5.41, 5.74) is 0.860. The molecule has 0 radical (unpaired) electrons. The molecule has 0 spiro atoms. The zero-order valence-electron chi connectivity index (χ0n) is 17.9. The molecular weight excluding hydrogens is 459 g/mol. The van der Waals surface area contributed by atoms with Gasteiger partial charge in [0.2, 0.25) is 0 Å². The van der Waals surface area contributed by atoms with Crippen LogP contribution >= 0.6 is 11.6 Å². The molecule has 0 atom stereocenters. The molecule has 2 aromatic heterocycles. The van der Waals surface area contributed by atoms with Gasteiger partial charge in [-0.25, -0.2) is 4.68 Å². The van der Waals surface area contributed by atoms with E-state index in [0.717, 1.165) is 24.5 Å². The van der Waals surface area contributed by atoms with Crippen LogP contribution in [0.15, 0.2) is 36.5 Å². The maximum absolute atomic E-state index is 13.0. The van der Waals surface area contributed by atoms with Crippen molar-refractivity contribution < 1.29 is 22.7 Å². The second kappa shape index (κ2) is 9.46. The molecule has 33 heavy (non-hydrogen) atoms. The van der Waals surface area contributed by atoms with Gasteiger partial charge in [-0.05, 0) is 62.1 Å². The summed E-state index contributed by atoms with van der Waals surface area (Å²) in [4.78, 5) is 12.3. The van der Waals surface area contributed by atoms with Crippen molar-refractivity contribution in [2.24, 2.45) is 0 Å². The average Bonchev–Trinajstić information content (AvgIpc) is 3.31. The van der Waals surface area contributed by atoms with Crippen molar-refractivity contribution in [3.63, 3.8) is 0 Å². The Morgan fingerprint density at radius 3 is 2.73 bits per heavy atom. The summed E-state index contributed by atoms with van der Waals surface area (Å²) >= 11 is 5.94. The zero-order chi connectivity index (χ0) is 23.6. The van der Waals surface area contributed by atoms with E-state index in [2.05, 4.69) is 15.5 Å². The fourth-order valence-electron chi connectivity index (χ4n) is 3.44. The Balaban J connectivity index is 1.25. The maximum atomic E-state index is 13.0. The highest BCUT2D eigenvalue weighted by Crippen LogP contribution is 2.42. The van der Waals surface area contributed by atoms with Gasteiger partial charge in [0.1, 0.15) is 11.4 Å². The third-order valence-corrected chi connectivity index (χ3v) is 5.53. The number of halogens is 4. The Labute approximate surface area is 193 Å². The minimum absolute atomic E-state index is 0.126. The summed E-state index contributed by atoms with van der Waals surface area (Å²) in [7, 11) is 0. The number of nitrogens with zero attached hydrogens (tertiary/aromatic N) is 4. The van der Waals surface area contributed by atoms with Crippen molar-refractivity contribution in [2.75, 3.05) is 6.54 Å². The van der Waals surface area contributed by atoms with Crippen LogP contribution < -0.4 is 10.1 Å². The number of carbonyl (C=O) groups is 1. The minimum atomic E-state index is -4.46. The highest BCUT2D eigenvalue weighted by molar-refractivity contribution is 6.30. The van der Waals surface area contributed by atoms with E-state index in [-0.39, 0.29) is 30.8 Å². The first-order valence-corrected chi connectivity index (χ1v) is 10.9. The summed E-state index contributed by atoms with van der Waals surface area (Å²) < 4.78 is 47.5. The van der Waals surface area contributed by atoms with Crippen LogP contribution in [0, 0.1) is 6.92 Å². The van der Waals surface area contributed by atoms with E-state index in [1.165, 1.54) is 9.36 Å². The first-order valence-electron chi connectivity index (χ1n) is 10.6. The van der Waals surface area contributed by atoms with Gasteiger partial charge in [0, 0.05) is 35.9 Å². The van der Waals surface area contributed by atoms with Crippen LogP contribution in [-0.4, -0.2) is 32.0 Å². The van der Waals surface area contributed by atoms with Crippen molar-refractivity contribution in [3.05, 3.63) is 64.2 Å². The predicted octanol–water partition coefficient (Wildman–Crippen LogP) is 4.79. The third kappa shape index (κ3) is 5.87. The molecule has 0 unspecified atom stereocenters. The summed E-state index contributed by atoms with van der Waals surface area (Å²) in [6.07, 6.45) is -0.625. The van der Waals surface area contributed by atoms with Crippen LogP contribution in [-0.2, 0) is 19.5 Å². The van der Waals surface area contributed by atoms with Gasteiger partial charge in [-0.15, -0.1) is 0 Å². The molecule has 176 valence electrons. The second-order valence-corrected chi connectivity index (χ2v) is 8.42. The smallest absolute Gasteiger partial charge is 0.435 e. The van der Waals surface area contributed by atoms with Gasteiger partial charge >= 0.3 is 6.18 Å². The Bertz CT molecular complexity index is 1140. The average molecular weight is 482 g/mol. The molecule has 4 rings (SSSR count). The number of aryl methyl sites for hydroxylation is 2. The molecule has 0 saturated heterocycles. The number of rotatable bonds is 9. The van der Waals surface area contributed by atoms with Crippen molar-refractivity contribution in [1.29, 1.82) is 0 Å².